The standard InChI is InChI=1S/C26H33ClN2O4/c1-3-24(26(31)28-21-11-5-4-6-12-21)29(17-19-9-7-13-22(15-19)32-2)25(30)18-33-23-14-8-10-20(27)16-23/h7-10,13-16,21,24H,3-6,11-12,17-18H2,1-2H3,(H,28,31). The molecule has 1 aliphatic carbocycles. The van der Waals surface area contributed by atoms with Crippen LogP contribution in [0.4, 0.5) is 0 Å². The lowest BCUT2D eigenvalue weighted by molar-refractivity contribution is -0.143. The Kier molecular flexibility index (Phi) is 9.43. The van der Waals surface area contributed by atoms with E-state index in [9.17, 15) is 9.59 Å². The molecule has 0 radical (unpaired) electrons. The molecule has 0 spiro atoms. The minimum Gasteiger partial charge on any atom is -0.497 e. The first-order valence-corrected chi connectivity index (χ1v) is 12.0. The zero-order valence-corrected chi connectivity index (χ0v) is 20.1. The van der Waals surface area contributed by atoms with Crippen molar-refractivity contribution in [3.05, 3.63) is 59.1 Å². The van der Waals surface area contributed by atoms with Crippen LogP contribution in [0.1, 0.15) is 51.0 Å². The lowest BCUT2D eigenvalue weighted by Crippen LogP contribution is -2.52. The van der Waals surface area contributed by atoms with E-state index in [-0.39, 0.29) is 31.0 Å². The van der Waals surface area contributed by atoms with Gasteiger partial charge in [-0.2, -0.15) is 0 Å². The van der Waals surface area contributed by atoms with E-state index in [0.717, 1.165) is 31.2 Å². The van der Waals surface area contributed by atoms with Gasteiger partial charge >= 0.3 is 0 Å². The number of rotatable bonds is 10. The Labute approximate surface area is 201 Å². The van der Waals surface area contributed by atoms with E-state index in [4.69, 9.17) is 21.1 Å². The number of nitrogens with one attached hydrogen (secondary N) is 1. The number of ether oxygens (including phenoxy) is 2. The van der Waals surface area contributed by atoms with Gasteiger partial charge in [-0.15, -0.1) is 0 Å². The van der Waals surface area contributed by atoms with Gasteiger partial charge in [0, 0.05) is 17.6 Å². The highest BCUT2D eigenvalue weighted by atomic mass is 35.5. The van der Waals surface area contributed by atoms with E-state index in [1.165, 1.54) is 6.42 Å². The predicted molar refractivity (Wildman–Crippen MR) is 130 cm³/mol. The van der Waals surface area contributed by atoms with Crippen molar-refractivity contribution >= 4 is 23.4 Å². The van der Waals surface area contributed by atoms with Crippen LogP contribution in [0, 0.1) is 0 Å². The van der Waals surface area contributed by atoms with Crippen molar-refractivity contribution in [2.75, 3.05) is 13.7 Å². The minimum atomic E-state index is -0.589. The molecule has 0 saturated heterocycles. The van der Waals surface area contributed by atoms with E-state index in [2.05, 4.69) is 5.32 Å². The molecule has 6 nitrogen and oxygen atoms in total. The highest BCUT2D eigenvalue weighted by Crippen LogP contribution is 2.21. The second kappa shape index (κ2) is 12.5. The molecule has 2 aromatic rings. The molecule has 1 fully saturated rings. The summed E-state index contributed by atoms with van der Waals surface area (Å²) in [6.07, 6.45) is 5.95. The van der Waals surface area contributed by atoms with Crippen LogP contribution in [-0.2, 0) is 16.1 Å². The largest absolute Gasteiger partial charge is 0.497 e. The van der Waals surface area contributed by atoms with Gasteiger partial charge in [0.25, 0.3) is 5.91 Å². The molecule has 0 heterocycles. The fourth-order valence-electron chi connectivity index (χ4n) is 4.22. The SMILES string of the molecule is CCC(C(=O)NC1CCCCC1)N(Cc1cccc(OC)c1)C(=O)COc1cccc(Cl)c1. The van der Waals surface area contributed by atoms with Crippen molar-refractivity contribution in [1.29, 1.82) is 0 Å². The van der Waals surface area contributed by atoms with Gasteiger partial charge in [-0.3, -0.25) is 9.59 Å². The lowest BCUT2D eigenvalue weighted by Gasteiger charge is -2.32. The van der Waals surface area contributed by atoms with Gasteiger partial charge in [0.2, 0.25) is 5.91 Å². The fraction of sp³-hybridized carbons (Fsp3) is 0.462. The Hall–Kier alpha value is -2.73. The van der Waals surface area contributed by atoms with Crippen molar-refractivity contribution in [2.45, 2.75) is 64.1 Å². The van der Waals surface area contributed by atoms with Crippen LogP contribution >= 0.6 is 11.6 Å². The quantitative estimate of drug-likeness (QED) is 0.529. The first-order valence-electron chi connectivity index (χ1n) is 11.6. The van der Waals surface area contributed by atoms with Crippen LogP contribution < -0.4 is 14.8 Å². The van der Waals surface area contributed by atoms with Gasteiger partial charge in [-0.25, -0.2) is 0 Å². The third-order valence-electron chi connectivity index (χ3n) is 5.98. The maximum absolute atomic E-state index is 13.3. The van der Waals surface area contributed by atoms with Gasteiger partial charge in [0.05, 0.1) is 7.11 Å². The fourth-order valence-corrected chi connectivity index (χ4v) is 4.40. The predicted octanol–water partition coefficient (Wildman–Crippen LogP) is 4.98. The summed E-state index contributed by atoms with van der Waals surface area (Å²) in [6, 6.07) is 14.0. The van der Waals surface area contributed by atoms with E-state index < -0.39 is 6.04 Å². The molecule has 2 amide bonds. The van der Waals surface area contributed by atoms with Crippen LogP contribution in [0.3, 0.4) is 0 Å². The second-order valence-corrected chi connectivity index (χ2v) is 8.82. The van der Waals surface area contributed by atoms with Crippen LogP contribution in [0.2, 0.25) is 5.02 Å². The first kappa shape index (κ1) is 24.9. The highest BCUT2D eigenvalue weighted by molar-refractivity contribution is 6.30. The zero-order chi connectivity index (χ0) is 23.6. The molecule has 1 unspecified atom stereocenters. The summed E-state index contributed by atoms with van der Waals surface area (Å²) >= 11 is 6.03. The van der Waals surface area contributed by atoms with E-state index in [0.29, 0.717) is 22.9 Å². The number of hydrogen-bond donors (Lipinski definition) is 1. The molecule has 0 aliphatic heterocycles. The summed E-state index contributed by atoms with van der Waals surface area (Å²) < 4.78 is 11.0. The van der Waals surface area contributed by atoms with E-state index >= 15 is 0 Å². The number of methoxy groups -OCH3 is 1. The highest BCUT2D eigenvalue weighted by Gasteiger charge is 2.30. The molecule has 3 rings (SSSR count). The van der Waals surface area contributed by atoms with Gasteiger partial charge < -0.3 is 19.7 Å². The number of carbonyl (C=O) groups is 2. The maximum Gasteiger partial charge on any atom is 0.261 e. The normalized spacial score (nSPS) is 14.9. The molecule has 1 N–H and O–H groups in total. The number of nitrogens with zero attached hydrogens (tertiary/aromatic N) is 1. The third-order valence-corrected chi connectivity index (χ3v) is 6.22. The Morgan fingerprint density at radius 1 is 1.09 bits per heavy atom. The van der Waals surface area contributed by atoms with Crippen LogP contribution in [0.25, 0.3) is 0 Å². The van der Waals surface area contributed by atoms with Crippen molar-refractivity contribution in [3.8, 4) is 11.5 Å². The molecule has 0 aromatic heterocycles. The zero-order valence-electron chi connectivity index (χ0n) is 19.4. The summed E-state index contributed by atoms with van der Waals surface area (Å²) in [7, 11) is 1.60. The molecule has 0 bridgehead atoms. The summed E-state index contributed by atoms with van der Waals surface area (Å²) in [5.74, 6) is 0.846. The Balaban J connectivity index is 1.77. The van der Waals surface area contributed by atoms with Crippen molar-refractivity contribution in [1.82, 2.24) is 10.2 Å². The van der Waals surface area contributed by atoms with Crippen molar-refractivity contribution in [3.63, 3.8) is 0 Å². The first-order chi connectivity index (χ1) is 16.0. The van der Waals surface area contributed by atoms with Crippen molar-refractivity contribution in [2.24, 2.45) is 0 Å². The topological polar surface area (TPSA) is 67.9 Å². The molecule has 1 saturated carbocycles. The summed E-state index contributed by atoms with van der Waals surface area (Å²) in [4.78, 5) is 28.2. The number of hydrogen-bond acceptors (Lipinski definition) is 4. The molecule has 7 heteroatoms. The smallest absolute Gasteiger partial charge is 0.261 e. The van der Waals surface area contributed by atoms with Gasteiger partial charge in [0.1, 0.15) is 17.5 Å². The second-order valence-electron chi connectivity index (χ2n) is 8.39. The third kappa shape index (κ3) is 7.39. The maximum atomic E-state index is 13.3. The van der Waals surface area contributed by atoms with Gasteiger partial charge in [0.15, 0.2) is 6.61 Å². The van der Waals surface area contributed by atoms with Crippen LogP contribution in [0.15, 0.2) is 48.5 Å². The summed E-state index contributed by atoms with van der Waals surface area (Å²) in [5.41, 5.74) is 0.884. The number of benzene rings is 2. The van der Waals surface area contributed by atoms with Crippen molar-refractivity contribution < 1.29 is 19.1 Å². The molecule has 33 heavy (non-hydrogen) atoms. The van der Waals surface area contributed by atoms with E-state index in [1.807, 2.05) is 31.2 Å². The number of halogens is 1. The average Bonchev–Trinajstić information content (AvgIpc) is 2.83. The minimum absolute atomic E-state index is 0.108. The number of carbonyl (C=O) groups excluding carboxylic acids is 2. The molecule has 1 atom stereocenters. The van der Waals surface area contributed by atoms with Gasteiger partial charge in [-0.1, -0.05) is 56.0 Å². The summed E-state index contributed by atoms with van der Waals surface area (Å²) in [5, 5.41) is 3.71. The number of amides is 2. The monoisotopic (exact) mass is 472 g/mol. The Bertz CT molecular complexity index is 930. The molecular formula is C26H33ClN2O4. The lowest BCUT2D eigenvalue weighted by atomic mass is 9.95. The van der Waals surface area contributed by atoms with Crippen LogP contribution in [0.5, 0.6) is 11.5 Å². The van der Waals surface area contributed by atoms with Crippen LogP contribution in [-0.4, -0.2) is 42.5 Å². The average molecular weight is 473 g/mol. The molecular weight excluding hydrogens is 440 g/mol. The van der Waals surface area contributed by atoms with E-state index in [1.54, 1.807) is 36.3 Å². The molecule has 178 valence electrons. The molecule has 2 aromatic carbocycles. The Morgan fingerprint density at radius 3 is 2.52 bits per heavy atom. The van der Waals surface area contributed by atoms with Gasteiger partial charge in [-0.05, 0) is 55.2 Å². The molecule has 1 aliphatic rings. The Morgan fingerprint density at radius 2 is 1.82 bits per heavy atom. The summed E-state index contributed by atoms with van der Waals surface area (Å²) in [6.45, 7) is 2.03.